The van der Waals surface area contributed by atoms with Crippen LogP contribution in [-0.2, 0) is 34.5 Å². The lowest BCUT2D eigenvalue weighted by Gasteiger charge is -2.26. The topological polar surface area (TPSA) is 160 Å². The van der Waals surface area contributed by atoms with E-state index in [-0.39, 0.29) is 30.9 Å². The average molecular weight is 545 g/mol. The number of benzene rings is 2. The van der Waals surface area contributed by atoms with E-state index in [0.29, 0.717) is 0 Å². The van der Waals surface area contributed by atoms with Crippen LogP contribution in [0.1, 0.15) is 40.1 Å². The summed E-state index contributed by atoms with van der Waals surface area (Å²) in [4.78, 5) is 63.7. The predicted octanol–water partition coefficient (Wildman–Crippen LogP) is 1.42. The molecule has 2 aromatic carbocycles. The molecule has 1 unspecified atom stereocenters. The Kier molecular flexibility index (Phi) is 9.89. The second kappa shape index (κ2) is 13.1. The average Bonchev–Trinajstić information content (AvgIpc) is 3.15. The van der Waals surface area contributed by atoms with Crippen molar-refractivity contribution in [1.82, 2.24) is 20.9 Å². The third-order valence-corrected chi connectivity index (χ3v) is 7.65. The molecule has 13 heteroatoms. The summed E-state index contributed by atoms with van der Waals surface area (Å²) in [5.41, 5.74) is 1.15. The van der Waals surface area contributed by atoms with Crippen LogP contribution in [-0.4, -0.2) is 66.5 Å². The van der Waals surface area contributed by atoms with Gasteiger partial charge in [0.25, 0.3) is 17.7 Å². The molecule has 1 atom stereocenters. The molecule has 0 aliphatic carbocycles. The van der Waals surface area contributed by atoms with Crippen LogP contribution in [0, 0.1) is 0 Å². The van der Waals surface area contributed by atoms with Gasteiger partial charge in [-0.05, 0) is 31.5 Å². The Bertz CT molecular complexity index is 1210. The first-order chi connectivity index (χ1) is 18.2. The number of imide groups is 1. The number of carbonyl (C=O) groups excluding carboxylic acids is 5. The summed E-state index contributed by atoms with van der Waals surface area (Å²) >= 11 is 0. The van der Waals surface area contributed by atoms with Crippen molar-refractivity contribution in [3.63, 3.8) is 0 Å². The molecule has 5 amide bonds. The maximum Gasteiger partial charge on any atom is 0.362 e. The fraction of sp³-hybridized carbons (Fsp3) is 0.320. The van der Waals surface area contributed by atoms with Gasteiger partial charge in [-0.25, -0.2) is 0 Å². The Morgan fingerprint density at radius 2 is 1.39 bits per heavy atom. The minimum Gasteiger partial charge on any atom is -0.350 e. The molecule has 3 N–H and O–H groups in total. The summed E-state index contributed by atoms with van der Waals surface area (Å²) in [5.74, 6) is -5.36. The maximum atomic E-state index is 13.4. The minimum atomic E-state index is -4.14. The van der Waals surface area contributed by atoms with Gasteiger partial charge in [-0.15, -0.1) is 0 Å². The fourth-order valence-electron chi connectivity index (χ4n) is 3.68. The standard InChI is InChI=1S/C25H29N4O8P/c1-3-36-38(35,37-4-2)23(22(32)27-14-17-10-6-5-7-11-17)28-20(30)15-26-21(31)16-29-24(33)18-12-8-9-13-19(18)25(29)34/h5-13,23H,3-4,14-16H2,1-2H3,(H,26,31)(H,27,32)(H,28,30). The Hall–Kier alpha value is -3.86. The van der Waals surface area contributed by atoms with E-state index >= 15 is 0 Å². The number of amides is 5. The SMILES string of the molecule is CCOP(=O)(OCC)C(NC(=O)CNC(=O)CN1C(=O)c2ccccc2C1=O)C(=O)NCc1ccccc1. The summed E-state index contributed by atoms with van der Waals surface area (Å²) in [7, 11) is -4.14. The van der Waals surface area contributed by atoms with Crippen LogP contribution in [0.4, 0.5) is 0 Å². The Morgan fingerprint density at radius 3 is 1.95 bits per heavy atom. The number of hydrogen-bond acceptors (Lipinski definition) is 8. The van der Waals surface area contributed by atoms with E-state index in [0.717, 1.165) is 10.5 Å². The highest BCUT2D eigenvalue weighted by Gasteiger charge is 2.42. The van der Waals surface area contributed by atoms with Gasteiger partial charge >= 0.3 is 7.60 Å². The second-order valence-electron chi connectivity index (χ2n) is 8.07. The monoisotopic (exact) mass is 544 g/mol. The maximum absolute atomic E-state index is 13.4. The lowest BCUT2D eigenvalue weighted by Crippen LogP contribution is -2.50. The first-order valence-electron chi connectivity index (χ1n) is 11.9. The van der Waals surface area contributed by atoms with Crippen LogP contribution < -0.4 is 16.0 Å². The van der Waals surface area contributed by atoms with Gasteiger partial charge in [0.05, 0.1) is 30.9 Å². The summed E-state index contributed by atoms with van der Waals surface area (Å²) in [5, 5.41) is 7.22. The lowest BCUT2D eigenvalue weighted by atomic mass is 10.1. The van der Waals surface area contributed by atoms with Gasteiger partial charge in [0.2, 0.25) is 17.6 Å². The van der Waals surface area contributed by atoms with Crippen molar-refractivity contribution in [2.75, 3.05) is 26.3 Å². The summed E-state index contributed by atoms with van der Waals surface area (Å²) in [6.45, 7) is 1.90. The van der Waals surface area contributed by atoms with Crippen molar-refractivity contribution in [3.05, 3.63) is 71.3 Å². The molecular formula is C25H29N4O8P. The molecule has 38 heavy (non-hydrogen) atoms. The van der Waals surface area contributed by atoms with Crippen LogP contribution in [0.15, 0.2) is 54.6 Å². The summed E-state index contributed by atoms with van der Waals surface area (Å²) in [6, 6.07) is 15.1. The molecule has 0 saturated carbocycles. The number of nitrogens with zero attached hydrogens (tertiary/aromatic N) is 1. The van der Waals surface area contributed by atoms with Crippen molar-refractivity contribution in [2.45, 2.75) is 26.2 Å². The zero-order chi connectivity index (χ0) is 27.7. The number of rotatable bonds is 13. The van der Waals surface area contributed by atoms with Crippen LogP contribution in [0.5, 0.6) is 0 Å². The zero-order valence-corrected chi connectivity index (χ0v) is 21.9. The molecule has 1 heterocycles. The number of hydrogen-bond donors (Lipinski definition) is 3. The van der Waals surface area contributed by atoms with E-state index in [1.807, 2.05) is 6.07 Å². The number of carbonyl (C=O) groups is 5. The van der Waals surface area contributed by atoms with Crippen molar-refractivity contribution in [2.24, 2.45) is 0 Å². The molecule has 0 bridgehead atoms. The van der Waals surface area contributed by atoms with E-state index in [1.165, 1.54) is 12.1 Å². The Morgan fingerprint density at radius 1 is 0.842 bits per heavy atom. The van der Waals surface area contributed by atoms with E-state index in [2.05, 4.69) is 16.0 Å². The van der Waals surface area contributed by atoms with Crippen LogP contribution in [0.2, 0.25) is 0 Å². The molecule has 0 fully saturated rings. The van der Waals surface area contributed by atoms with Crippen LogP contribution >= 0.6 is 7.60 Å². The van der Waals surface area contributed by atoms with Crippen molar-refractivity contribution in [1.29, 1.82) is 0 Å². The normalized spacial score (nSPS) is 13.6. The molecule has 0 spiro atoms. The first kappa shape index (κ1) is 28.7. The highest BCUT2D eigenvalue weighted by molar-refractivity contribution is 7.55. The van der Waals surface area contributed by atoms with Gasteiger partial charge in [-0.3, -0.25) is 33.4 Å². The van der Waals surface area contributed by atoms with E-state index in [4.69, 9.17) is 9.05 Å². The lowest BCUT2D eigenvalue weighted by molar-refractivity contribution is -0.128. The molecule has 12 nitrogen and oxygen atoms in total. The van der Waals surface area contributed by atoms with E-state index < -0.39 is 56.0 Å². The number of nitrogens with one attached hydrogen (secondary N) is 3. The van der Waals surface area contributed by atoms with Gasteiger partial charge in [-0.2, -0.15) is 0 Å². The molecule has 1 aliphatic rings. The Balaban J connectivity index is 1.62. The zero-order valence-electron chi connectivity index (χ0n) is 21.0. The predicted molar refractivity (Wildman–Crippen MR) is 136 cm³/mol. The Labute approximate surface area is 219 Å². The largest absolute Gasteiger partial charge is 0.362 e. The van der Waals surface area contributed by atoms with Crippen molar-refractivity contribution >= 4 is 37.1 Å². The molecule has 1 aliphatic heterocycles. The van der Waals surface area contributed by atoms with Crippen molar-refractivity contribution in [3.8, 4) is 0 Å². The minimum absolute atomic E-state index is 0.0490. The molecular weight excluding hydrogens is 515 g/mol. The molecule has 0 radical (unpaired) electrons. The van der Waals surface area contributed by atoms with Gasteiger partial charge in [0.15, 0.2) is 0 Å². The highest BCUT2D eigenvalue weighted by atomic mass is 31.2. The molecule has 202 valence electrons. The van der Waals surface area contributed by atoms with Gasteiger partial charge in [0.1, 0.15) is 6.54 Å². The fourth-order valence-corrected chi connectivity index (χ4v) is 5.45. The first-order valence-corrected chi connectivity index (χ1v) is 13.5. The quantitative estimate of drug-likeness (QED) is 0.252. The third kappa shape index (κ3) is 6.91. The van der Waals surface area contributed by atoms with Gasteiger partial charge < -0.3 is 25.0 Å². The molecule has 2 aromatic rings. The van der Waals surface area contributed by atoms with E-state index in [9.17, 15) is 28.5 Å². The second-order valence-corrected chi connectivity index (χ2v) is 10.2. The number of fused-ring (bicyclic) bond motifs is 1. The third-order valence-electron chi connectivity index (χ3n) is 5.42. The van der Waals surface area contributed by atoms with Crippen LogP contribution in [0.3, 0.4) is 0 Å². The molecule has 3 rings (SSSR count). The molecule has 0 saturated heterocycles. The van der Waals surface area contributed by atoms with Crippen LogP contribution in [0.25, 0.3) is 0 Å². The summed E-state index contributed by atoms with van der Waals surface area (Å²) < 4.78 is 23.9. The highest BCUT2D eigenvalue weighted by Crippen LogP contribution is 2.52. The van der Waals surface area contributed by atoms with Gasteiger partial charge in [-0.1, -0.05) is 42.5 Å². The van der Waals surface area contributed by atoms with Crippen molar-refractivity contribution < 1.29 is 37.6 Å². The van der Waals surface area contributed by atoms with Gasteiger partial charge in [0, 0.05) is 6.54 Å². The smallest absolute Gasteiger partial charge is 0.350 e. The van der Waals surface area contributed by atoms with E-state index in [1.54, 1.807) is 50.2 Å². The summed E-state index contributed by atoms with van der Waals surface area (Å²) in [6.07, 6.45) is 0. The molecule has 0 aromatic heterocycles.